The van der Waals surface area contributed by atoms with Gasteiger partial charge < -0.3 is 23.7 Å². The van der Waals surface area contributed by atoms with Crippen LogP contribution in [-0.4, -0.2) is 72.7 Å². The van der Waals surface area contributed by atoms with E-state index >= 15 is 0 Å². The van der Waals surface area contributed by atoms with Crippen molar-refractivity contribution >= 4 is 40.6 Å². The zero-order valence-corrected chi connectivity index (χ0v) is 20.4. The van der Waals surface area contributed by atoms with Crippen molar-refractivity contribution < 1.29 is 42.9 Å². The lowest BCUT2D eigenvalue weighted by Crippen LogP contribution is -2.45. The molecule has 1 aliphatic heterocycles. The molecule has 37 heavy (non-hydrogen) atoms. The first-order chi connectivity index (χ1) is 17.6. The largest absolute Gasteiger partial charge is 0.467 e. The summed E-state index contributed by atoms with van der Waals surface area (Å²) in [6.07, 6.45) is -2.76. The van der Waals surface area contributed by atoms with Gasteiger partial charge in [0.1, 0.15) is 24.3 Å². The van der Waals surface area contributed by atoms with E-state index in [1.54, 1.807) is 12.1 Å². The summed E-state index contributed by atoms with van der Waals surface area (Å²) in [6, 6.07) is 3.40. The van der Waals surface area contributed by atoms with Crippen molar-refractivity contribution in [3.63, 3.8) is 0 Å². The van der Waals surface area contributed by atoms with Crippen molar-refractivity contribution in [1.82, 2.24) is 19.5 Å². The van der Waals surface area contributed by atoms with Crippen molar-refractivity contribution in [3.8, 4) is 0 Å². The van der Waals surface area contributed by atoms with E-state index in [4.69, 9.17) is 18.6 Å². The molecule has 4 heterocycles. The number of hydrogen-bond donors (Lipinski definition) is 1. The number of furan rings is 1. The van der Waals surface area contributed by atoms with Gasteiger partial charge in [0.25, 0.3) is 0 Å². The Morgan fingerprint density at radius 1 is 1.08 bits per heavy atom. The smallest absolute Gasteiger partial charge is 0.303 e. The normalized spacial score (nSPS) is 22.0. The number of rotatable bonds is 8. The van der Waals surface area contributed by atoms with E-state index in [-0.39, 0.29) is 29.4 Å². The molecule has 0 aliphatic carbocycles. The molecule has 3 aromatic rings. The maximum absolute atomic E-state index is 12.5. The van der Waals surface area contributed by atoms with Gasteiger partial charge in [-0.3, -0.25) is 28.6 Å². The highest BCUT2D eigenvalue weighted by Gasteiger charge is 2.54. The topological polar surface area (TPSA) is 176 Å². The molecule has 3 aromatic heterocycles. The van der Waals surface area contributed by atoms with Crippen LogP contribution in [0.25, 0.3) is 11.2 Å². The predicted octanol–water partition coefficient (Wildman–Crippen LogP) is 0.683. The molecule has 5 atom stereocenters. The van der Waals surface area contributed by atoms with Crippen molar-refractivity contribution in [2.75, 3.05) is 4.90 Å². The molecular formula is C23H25N5O9. The predicted molar refractivity (Wildman–Crippen MR) is 123 cm³/mol. The Morgan fingerprint density at radius 2 is 1.78 bits per heavy atom. The van der Waals surface area contributed by atoms with E-state index in [0.29, 0.717) is 5.76 Å². The Balaban J connectivity index is 1.78. The average Bonchev–Trinajstić information content (AvgIpc) is 3.56. The molecule has 1 N–H and O–H groups in total. The van der Waals surface area contributed by atoms with Crippen LogP contribution >= 0.6 is 0 Å². The Hall–Kier alpha value is -4.17. The molecule has 1 unspecified atom stereocenters. The Labute approximate surface area is 210 Å². The minimum Gasteiger partial charge on any atom is -0.467 e. The number of fused-ring (bicyclic) bond motifs is 1. The minimum atomic E-state index is -1.67. The molecule has 1 fully saturated rings. The number of aliphatic hydroxyl groups excluding tert-OH is 1. The molecule has 1 amide bonds. The lowest BCUT2D eigenvalue weighted by atomic mass is 10.0. The third-order valence-corrected chi connectivity index (χ3v) is 5.70. The maximum Gasteiger partial charge on any atom is 0.303 e. The summed E-state index contributed by atoms with van der Waals surface area (Å²) in [5, 5.41) is 10.5. The number of anilines is 1. The number of imidazole rings is 1. The number of aromatic nitrogens is 4. The van der Waals surface area contributed by atoms with Crippen molar-refractivity contribution in [2.24, 2.45) is 0 Å². The summed E-state index contributed by atoms with van der Waals surface area (Å²) in [6.45, 7) is 4.88. The second kappa shape index (κ2) is 10.4. The second-order valence-electron chi connectivity index (χ2n) is 8.40. The Morgan fingerprint density at radius 3 is 2.38 bits per heavy atom. The second-order valence-corrected chi connectivity index (χ2v) is 8.40. The first kappa shape index (κ1) is 25.9. The van der Waals surface area contributed by atoms with E-state index in [1.807, 2.05) is 0 Å². The van der Waals surface area contributed by atoms with Crippen LogP contribution in [0.5, 0.6) is 0 Å². The fourth-order valence-electron chi connectivity index (χ4n) is 4.13. The first-order valence-corrected chi connectivity index (χ1v) is 11.2. The number of esters is 2. The monoisotopic (exact) mass is 515 g/mol. The number of carbonyl (C=O) groups excluding carboxylic acids is 4. The van der Waals surface area contributed by atoms with E-state index in [2.05, 4.69) is 15.0 Å². The van der Waals surface area contributed by atoms with Gasteiger partial charge in [-0.1, -0.05) is 0 Å². The lowest BCUT2D eigenvalue weighted by Gasteiger charge is -2.24. The van der Waals surface area contributed by atoms with Gasteiger partial charge in [0.2, 0.25) is 5.91 Å². The Kier molecular flexibility index (Phi) is 7.31. The summed E-state index contributed by atoms with van der Waals surface area (Å²) in [4.78, 5) is 62.4. The highest BCUT2D eigenvalue weighted by Crippen LogP contribution is 2.38. The van der Waals surface area contributed by atoms with Gasteiger partial charge in [-0.2, -0.15) is 0 Å². The van der Waals surface area contributed by atoms with Crippen molar-refractivity contribution in [3.05, 3.63) is 36.8 Å². The molecule has 14 nitrogen and oxygen atoms in total. The van der Waals surface area contributed by atoms with Gasteiger partial charge >= 0.3 is 11.9 Å². The van der Waals surface area contributed by atoms with E-state index in [1.165, 1.54) is 35.3 Å². The SMILES string of the molecule is CC(=O)O[C@@H]1[C@H](OC(C)=O)[C@@H](C(O)C(C)=O)O[C@H]1n1cnc2c(N(Cc3ccco3)C(C)=O)ncnc21. The fraction of sp³-hybridized carbons (Fsp3) is 0.435. The molecule has 14 heteroatoms. The highest BCUT2D eigenvalue weighted by molar-refractivity contribution is 5.97. The zero-order valence-electron chi connectivity index (χ0n) is 20.4. The van der Waals surface area contributed by atoms with Crippen LogP contribution in [0, 0.1) is 0 Å². The van der Waals surface area contributed by atoms with Gasteiger partial charge in [0.15, 0.2) is 41.2 Å². The molecular weight excluding hydrogens is 490 g/mol. The van der Waals surface area contributed by atoms with Gasteiger partial charge in [0, 0.05) is 20.8 Å². The van der Waals surface area contributed by atoms with Crippen LogP contribution in [0.1, 0.15) is 39.7 Å². The molecule has 196 valence electrons. The molecule has 4 rings (SSSR count). The molecule has 0 bridgehead atoms. The van der Waals surface area contributed by atoms with Gasteiger partial charge in [-0.15, -0.1) is 0 Å². The van der Waals surface area contributed by atoms with Crippen LogP contribution in [0.3, 0.4) is 0 Å². The number of Topliss-reactive ketones (excluding diaryl/α,β-unsaturated/α-hetero) is 1. The standard InChI is InChI=1S/C23H25N5O9/c1-11(29)17(33)18-19(35-13(3)31)20(36-14(4)32)23(37-18)28-10-26-16-21(24-9-25-22(16)28)27(12(2)30)8-15-6-5-7-34-15/h5-7,9-10,17-20,23,33H,8H2,1-4H3/t17?,18-,19-,20-,23-/m1/s1. The molecule has 0 spiro atoms. The summed E-state index contributed by atoms with van der Waals surface area (Å²) in [5.41, 5.74) is 0.409. The van der Waals surface area contributed by atoms with Crippen LogP contribution in [0.4, 0.5) is 5.82 Å². The van der Waals surface area contributed by atoms with E-state index in [0.717, 1.165) is 20.8 Å². The van der Waals surface area contributed by atoms with Gasteiger partial charge in [-0.05, 0) is 19.1 Å². The number of aliphatic hydroxyl groups is 1. The quantitative estimate of drug-likeness (QED) is 0.416. The average molecular weight is 515 g/mol. The van der Waals surface area contributed by atoms with Crippen LogP contribution in [-0.2, 0) is 39.9 Å². The molecule has 0 radical (unpaired) electrons. The number of nitrogens with zero attached hydrogens (tertiary/aromatic N) is 5. The summed E-state index contributed by atoms with van der Waals surface area (Å²) in [7, 11) is 0. The minimum absolute atomic E-state index is 0.0821. The molecule has 1 aliphatic rings. The maximum atomic E-state index is 12.5. The van der Waals surface area contributed by atoms with Crippen molar-refractivity contribution in [1.29, 1.82) is 0 Å². The molecule has 0 aromatic carbocycles. The Bertz CT molecular complexity index is 1320. The number of hydrogen-bond acceptors (Lipinski definition) is 12. The first-order valence-electron chi connectivity index (χ1n) is 11.2. The zero-order chi connectivity index (χ0) is 26.9. The molecule has 0 saturated carbocycles. The third kappa shape index (κ3) is 5.20. The van der Waals surface area contributed by atoms with Gasteiger partial charge in [0.05, 0.1) is 19.1 Å². The summed E-state index contributed by atoms with van der Waals surface area (Å²) >= 11 is 0. The number of ketones is 1. The number of ether oxygens (including phenoxy) is 3. The fourth-order valence-corrected chi connectivity index (χ4v) is 4.13. The third-order valence-electron chi connectivity index (χ3n) is 5.70. The van der Waals surface area contributed by atoms with Crippen LogP contribution in [0.15, 0.2) is 35.5 Å². The van der Waals surface area contributed by atoms with E-state index < -0.39 is 48.4 Å². The summed E-state index contributed by atoms with van der Waals surface area (Å²) < 4.78 is 23.4. The van der Waals surface area contributed by atoms with E-state index in [9.17, 15) is 24.3 Å². The van der Waals surface area contributed by atoms with Crippen LogP contribution in [0.2, 0.25) is 0 Å². The number of carbonyl (C=O) groups is 4. The number of amides is 1. The van der Waals surface area contributed by atoms with Gasteiger partial charge in [-0.25, -0.2) is 15.0 Å². The molecule has 1 saturated heterocycles. The van der Waals surface area contributed by atoms with Crippen molar-refractivity contribution in [2.45, 2.75) is 64.9 Å². The lowest BCUT2D eigenvalue weighted by molar-refractivity contribution is -0.167. The summed E-state index contributed by atoms with van der Waals surface area (Å²) in [5.74, 6) is -1.72. The highest BCUT2D eigenvalue weighted by atomic mass is 16.6. The van der Waals surface area contributed by atoms with Crippen LogP contribution < -0.4 is 4.90 Å².